The number of rotatable bonds is 6. The fraction of sp³-hybridized carbons (Fsp3) is 0. The number of hydrogen-bond donors (Lipinski definition) is 0. The van der Waals surface area contributed by atoms with Gasteiger partial charge in [0.05, 0.1) is 5.69 Å². The maximum Gasteiger partial charge on any atom is 0.159 e. The quantitative estimate of drug-likeness (QED) is 0.157. The van der Waals surface area contributed by atoms with Gasteiger partial charge in [-0.05, 0) is 97.9 Å². The third-order valence-electron chi connectivity index (χ3n) is 11.9. The van der Waals surface area contributed by atoms with Crippen LogP contribution in [-0.4, -0.2) is 0 Å². The predicted molar refractivity (Wildman–Crippen MR) is 253 cm³/mol. The lowest BCUT2D eigenvalue weighted by Gasteiger charge is -2.27. The Bertz CT molecular complexity index is 3560. The van der Waals surface area contributed by atoms with E-state index in [1.807, 2.05) is 17.4 Å². The molecule has 10 aromatic carbocycles. The van der Waals surface area contributed by atoms with Crippen LogP contribution in [0.2, 0.25) is 0 Å². The van der Waals surface area contributed by atoms with E-state index in [1.165, 1.54) is 75.1 Å². The molecule has 0 saturated heterocycles. The molecule has 0 amide bonds. The molecule has 276 valence electrons. The number of thiophene rings is 1. The Morgan fingerprint density at radius 2 is 1.00 bits per heavy atom. The topological polar surface area (TPSA) is 16.4 Å². The Morgan fingerprint density at radius 3 is 1.86 bits per heavy atom. The molecule has 0 aliphatic carbocycles. The molecule has 2 nitrogen and oxygen atoms in total. The lowest BCUT2D eigenvalue weighted by molar-refractivity contribution is 0.669. The van der Waals surface area contributed by atoms with Crippen LogP contribution in [0.1, 0.15) is 0 Å². The van der Waals surface area contributed by atoms with Crippen molar-refractivity contribution in [2.24, 2.45) is 0 Å². The van der Waals surface area contributed by atoms with Crippen LogP contribution in [-0.2, 0) is 0 Å². The SMILES string of the molecule is c1ccc(-c2cc(N(c3ccc(-c4cc5ccccc5c5ccccc45)cc3)c3cccc4c3oc3ccccc34)ccc2-c2cccc3c2sc2ccccc23)cc1. The van der Waals surface area contributed by atoms with E-state index in [9.17, 15) is 0 Å². The molecule has 0 aliphatic heterocycles. The third kappa shape index (κ3) is 5.47. The maximum atomic E-state index is 6.73. The number of furan rings is 1. The predicted octanol–water partition coefficient (Wildman–Crippen LogP) is 16.7. The summed E-state index contributed by atoms with van der Waals surface area (Å²) < 4.78 is 9.34. The van der Waals surface area contributed by atoms with Gasteiger partial charge >= 0.3 is 0 Å². The highest BCUT2D eigenvalue weighted by molar-refractivity contribution is 7.26. The maximum absolute atomic E-state index is 6.73. The highest BCUT2D eigenvalue weighted by Gasteiger charge is 2.22. The van der Waals surface area contributed by atoms with Gasteiger partial charge in [-0.1, -0.05) is 164 Å². The normalized spacial score (nSPS) is 11.7. The van der Waals surface area contributed by atoms with Crippen molar-refractivity contribution in [1.29, 1.82) is 0 Å². The van der Waals surface area contributed by atoms with Gasteiger partial charge in [0.25, 0.3) is 0 Å². The molecule has 2 heterocycles. The van der Waals surface area contributed by atoms with Gasteiger partial charge in [-0.3, -0.25) is 0 Å². The van der Waals surface area contributed by atoms with E-state index >= 15 is 0 Å². The molecular formula is C56H35NOS. The minimum absolute atomic E-state index is 0.860. The molecule has 0 unspecified atom stereocenters. The van der Waals surface area contributed by atoms with E-state index in [4.69, 9.17) is 4.42 Å². The van der Waals surface area contributed by atoms with Crippen LogP contribution >= 0.6 is 11.3 Å². The summed E-state index contributed by atoms with van der Waals surface area (Å²) in [6.45, 7) is 0. The molecule has 0 atom stereocenters. The number of fused-ring (bicyclic) bond motifs is 9. The van der Waals surface area contributed by atoms with Crippen LogP contribution in [0, 0.1) is 0 Å². The monoisotopic (exact) mass is 769 g/mol. The van der Waals surface area contributed by atoms with Crippen LogP contribution in [0.15, 0.2) is 217 Å². The van der Waals surface area contributed by atoms with E-state index < -0.39 is 0 Å². The van der Waals surface area contributed by atoms with E-state index in [0.717, 1.165) is 39.0 Å². The van der Waals surface area contributed by atoms with Gasteiger partial charge in [-0.15, -0.1) is 11.3 Å². The minimum atomic E-state index is 0.860. The second-order valence-corrected chi connectivity index (χ2v) is 16.3. The highest BCUT2D eigenvalue weighted by atomic mass is 32.1. The molecule has 2 aromatic heterocycles. The molecule has 0 fully saturated rings. The van der Waals surface area contributed by atoms with Crippen molar-refractivity contribution in [2.75, 3.05) is 4.90 Å². The first-order valence-corrected chi connectivity index (χ1v) is 20.9. The van der Waals surface area contributed by atoms with Crippen LogP contribution < -0.4 is 4.90 Å². The summed E-state index contributed by atoms with van der Waals surface area (Å²) >= 11 is 1.87. The van der Waals surface area contributed by atoms with Crippen molar-refractivity contribution < 1.29 is 4.42 Å². The van der Waals surface area contributed by atoms with E-state index in [1.54, 1.807) is 0 Å². The zero-order valence-corrected chi connectivity index (χ0v) is 32.8. The summed E-state index contributed by atoms with van der Waals surface area (Å²) in [6.07, 6.45) is 0. The van der Waals surface area contributed by atoms with Gasteiger partial charge in [-0.2, -0.15) is 0 Å². The standard InChI is InChI=1S/C56H35NOS/c1-2-14-36(15-3-1)51-35-40(32-33-44(51)48-23-12-24-49-46-21-9-11-27-54(46)59-56(48)49)57(52-25-13-22-47-45-20-8-10-26-53(45)58-55(47)52)39-30-28-37(29-31-39)50-34-38-16-4-5-17-41(38)42-18-6-7-19-43(42)50/h1-35H. The van der Waals surface area contributed by atoms with Crippen molar-refractivity contribution in [3.8, 4) is 33.4 Å². The summed E-state index contributed by atoms with van der Waals surface area (Å²) in [6, 6.07) is 76.9. The molecular weight excluding hydrogens is 735 g/mol. The van der Waals surface area contributed by atoms with Crippen molar-refractivity contribution in [1.82, 2.24) is 0 Å². The number of benzene rings is 10. The smallest absolute Gasteiger partial charge is 0.159 e. The fourth-order valence-electron chi connectivity index (χ4n) is 9.14. The van der Waals surface area contributed by atoms with Crippen LogP contribution in [0.5, 0.6) is 0 Å². The van der Waals surface area contributed by atoms with E-state index in [0.29, 0.717) is 0 Å². The molecule has 0 aliphatic rings. The number of hydrogen-bond acceptors (Lipinski definition) is 3. The molecule has 0 N–H and O–H groups in total. The van der Waals surface area contributed by atoms with Crippen molar-refractivity contribution in [3.63, 3.8) is 0 Å². The Balaban J connectivity index is 1.08. The molecule has 0 saturated carbocycles. The van der Waals surface area contributed by atoms with Crippen LogP contribution in [0.4, 0.5) is 17.1 Å². The summed E-state index contributed by atoms with van der Waals surface area (Å²) in [5.41, 5.74) is 12.0. The zero-order chi connectivity index (χ0) is 38.9. The summed E-state index contributed by atoms with van der Waals surface area (Å²) in [5.74, 6) is 0. The van der Waals surface area contributed by atoms with Gasteiger partial charge in [-0.25, -0.2) is 0 Å². The van der Waals surface area contributed by atoms with Crippen LogP contribution in [0.3, 0.4) is 0 Å². The Labute approximate surface area is 345 Å². The largest absolute Gasteiger partial charge is 0.454 e. The lowest BCUT2D eigenvalue weighted by Crippen LogP contribution is -2.10. The van der Waals surface area contributed by atoms with Gasteiger partial charge in [0.2, 0.25) is 0 Å². The molecule has 0 radical (unpaired) electrons. The van der Waals surface area contributed by atoms with Crippen molar-refractivity contribution >= 4 is 92.1 Å². The molecule has 12 rings (SSSR count). The lowest BCUT2D eigenvalue weighted by atomic mass is 9.92. The van der Waals surface area contributed by atoms with E-state index in [2.05, 4.69) is 211 Å². The average Bonchev–Trinajstić information content (AvgIpc) is 3.89. The summed E-state index contributed by atoms with van der Waals surface area (Å²) in [7, 11) is 0. The summed E-state index contributed by atoms with van der Waals surface area (Å²) in [5, 5.41) is 9.83. The molecule has 0 bridgehead atoms. The first-order chi connectivity index (χ1) is 29.3. The van der Waals surface area contributed by atoms with Gasteiger partial charge in [0.1, 0.15) is 5.58 Å². The highest BCUT2D eigenvalue weighted by Crippen LogP contribution is 2.47. The average molecular weight is 770 g/mol. The Kier molecular flexibility index (Phi) is 7.75. The zero-order valence-electron chi connectivity index (χ0n) is 32.0. The number of anilines is 3. The molecule has 3 heteroatoms. The van der Waals surface area contributed by atoms with E-state index in [-0.39, 0.29) is 0 Å². The molecule has 59 heavy (non-hydrogen) atoms. The first-order valence-electron chi connectivity index (χ1n) is 20.1. The van der Waals surface area contributed by atoms with Crippen molar-refractivity contribution in [2.45, 2.75) is 0 Å². The second kappa shape index (κ2) is 13.6. The second-order valence-electron chi connectivity index (χ2n) is 15.2. The summed E-state index contributed by atoms with van der Waals surface area (Å²) in [4.78, 5) is 2.36. The molecule has 12 aromatic rings. The Morgan fingerprint density at radius 1 is 0.356 bits per heavy atom. The molecule has 0 spiro atoms. The van der Waals surface area contributed by atoms with Crippen molar-refractivity contribution in [3.05, 3.63) is 212 Å². The third-order valence-corrected chi connectivity index (χ3v) is 13.1. The van der Waals surface area contributed by atoms with Gasteiger partial charge in [0.15, 0.2) is 5.58 Å². The first kappa shape index (κ1) is 33.7. The number of para-hydroxylation sites is 2. The van der Waals surface area contributed by atoms with Crippen LogP contribution in [0.25, 0.3) is 97.0 Å². The Hall–Kier alpha value is -7.46. The minimum Gasteiger partial charge on any atom is -0.454 e. The fourth-order valence-corrected chi connectivity index (χ4v) is 10.4. The number of nitrogens with zero attached hydrogens (tertiary/aromatic N) is 1. The van der Waals surface area contributed by atoms with Gasteiger partial charge in [0, 0.05) is 47.9 Å². The van der Waals surface area contributed by atoms with Gasteiger partial charge < -0.3 is 9.32 Å².